The lowest BCUT2D eigenvalue weighted by atomic mass is 10.0. The molecule has 0 aliphatic heterocycles. The van der Waals surface area contributed by atoms with Crippen molar-refractivity contribution in [3.8, 4) is 0 Å². The van der Waals surface area contributed by atoms with Gasteiger partial charge in [-0.1, -0.05) is 25.1 Å². The van der Waals surface area contributed by atoms with Gasteiger partial charge in [-0.25, -0.2) is 0 Å². The molecule has 14 heavy (non-hydrogen) atoms. The highest BCUT2D eigenvalue weighted by atomic mass is 32.1. The molecule has 3 nitrogen and oxygen atoms in total. The summed E-state index contributed by atoms with van der Waals surface area (Å²) in [5.74, 6) is 0.757. The number of carbonyl (C=O) groups excluding carboxylic acids is 1. The number of carbonyl (C=O) groups is 1. The van der Waals surface area contributed by atoms with Crippen LogP contribution in [-0.4, -0.2) is 17.4 Å². The van der Waals surface area contributed by atoms with Crippen LogP contribution in [0.5, 0.6) is 0 Å². The summed E-state index contributed by atoms with van der Waals surface area (Å²) in [5.41, 5.74) is 5.32. The molecule has 4 heteroatoms. The minimum atomic E-state index is 0.146. The molecule has 0 radical (unpaired) electrons. The monoisotopic (exact) mass is 214 g/mol. The van der Waals surface area contributed by atoms with Crippen molar-refractivity contribution in [2.75, 3.05) is 6.54 Å². The van der Waals surface area contributed by atoms with Crippen LogP contribution in [-0.2, 0) is 4.79 Å². The molecule has 80 valence electrons. The maximum atomic E-state index is 11.4. The van der Waals surface area contributed by atoms with Gasteiger partial charge in [0.25, 0.3) is 0 Å². The maximum Gasteiger partial charge on any atom is 0.220 e. The van der Waals surface area contributed by atoms with Crippen LogP contribution in [0.4, 0.5) is 0 Å². The van der Waals surface area contributed by atoms with Crippen LogP contribution >= 0.6 is 12.2 Å². The van der Waals surface area contributed by atoms with Gasteiger partial charge >= 0.3 is 0 Å². The Morgan fingerprint density at radius 2 is 2.07 bits per heavy atom. The van der Waals surface area contributed by atoms with Crippen molar-refractivity contribution in [1.82, 2.24) is 5.32 Å². The van der Waals surface area contributed by atoms with Crippen LogP contribution in [0.15, 0.2) is 0 Å². The van der Waals surface area contributed by atoms with Crippen molar-refractivity contribution in [1.29, 1.82) is 0 Å². The molecule has 0 saturated heterocycles. The van der Waals surface area contributed by atoms with E-state index in [2.05, 4.69) is 5.32 Å². The second-order valence-electron chi connectivity index (χ2n) is 3.92. The number of nitrogens with one attached hydrogen (secondary N) is 1. The molecule has 1 saturated carbocycles. The smallest absolute Gasteiger partial charge is 0.220 e. The summed E-state index contributed by atoms with van der Waals surface area (Å²) in [5, 5.41) is 2.83. The van der Waals surface area contributed by atoms with Crippen molar-refractivity contribution in [3.05, 3.63) is 0 Å². The molecule has 0 atom stereocenters. The van der Waals surface area contributed by atoms with Crippen molar-refractivity contribution in [3.63, 3.8) is 0 Å². The van der Waals surface area contributed by atoms with E-state index in [4.69, 9.17) is 18.0 Å². The Morgan fingerprint density at radius 1 is 1.43 bits per heavy atom. The van der Waals surface area contributed by atoms with Crippen LogP contribution in [0.3, 0.4) is 0 Å². The van der Waals surface area contributed by atoms with Gasteiger partial charge in [-0.3, -0.25) is 4.79 Å². The van der Waals surface area contributed by atoms with Gasteiger partial charge in [-0.2, -0.15) is 0 Å². The molecule has 1 aliphatic carbocycles. The number of hydrogen-bond acceptors (Lipinski definition) is 2. The number of amides is 1. The van der Waals surface area contributed by atoms with Gasteiger partial charge in [0, 0.05) is 19.4 Å². The SMILES string of the molecule is NC(=S)CCNC(=O)CC1CCCC1. The first-order valence-corrected chi connectivity index (χ1v) is 5.64. The van der Waals surface area contributed by atoms with E-state index < -0.39 is 0 Å². The van der Waals surface area contributed by atoms with Gasteiger partial charge in [-0.15, -0.1) is 0 Å². The summed E-state index contributed by atoms with van der Waals surface area (Å²) in [6.07, 6.45) is 6.27. The maximum absolute atomic E-state index is 11.4. The van der Waals surface area contributed by atoms with E-state index in [1.165, 1.54) is 25.7 Å². The van der Waals surface area contributed by atoms with E-state index in [0.717, 1.165) is 0 Å². The second kappa shape index (κ2) is 5.96. The fourth-order valence-electron chi connectivity index (χ4n) is 1.87. The topological polar surface area (TPSA) is 55.1 Å². The highest BCUT2D eigenvalue weighted by Gasteiger charge is 2.17. The fraction of sp³-hybridized carbons (Fsp3) is 0.800. The van der Waals surface area contributed by atoms with Crippen molar-refractivity contribution in [2.45, 2.75) is 38.5 Å². The van der Waals surface area contributed by atoms with Crippen molar-refractivity contribution >= 4 is 23.1 Å². The Balaban J connectivity index is 2.06. The summed E-state index contributed by atoms with van der Waals surface area (Å²) in [6, 6.07) is 0. The molecule has 0 aromatic rings. The average Bonchev–Trinajstić information content (AvgIpc) is 2.56. The predicted molar refractivity (Wildman–Crippen MR) is 61.0 cm³/mol. The zero-order chi connectivity index (χ0) is 10.4. The van der Waals surface area contributed by atoms with Gasteiger partial charge in [0.2, 0.25) is 5.91 Å². The standard InChI is InChI=1S/C10H18N2OS/c11-9(14)5-6-12-10(13)7-8-3-1-2-4-8/h8H,1-7H2,(H2,11,14)(H,12,13). The van der Waals surface area contributed by atoms with E-state index in [0.29, 0.717) is 30.3 Å². The third-order valence-electron chi connectivity index (χ3n) is 2.64. The lowest BCUT2D eigenvalue weighted by Crippen LogP contribution is -2.28. The molecule has 0 aromatic heterocycles. The van der Waals surface area contributed by atoms with E-state index in [1.807, 2.05) is 0 Å². The molecular formula is C10H18N2OS. The summed E-state index contributed by atoms with van der Waals surface area (Å²) in [4.78, 5) is 11.8. The number of nitrogens with two attached hydrogens (primary N) is 1. The molecule has 1 rings (SSSR count). The van der Waals surface area contributed by atoms with E-state index in [9.17, 15) is 4.79 Å². The quantitative estimate of drug-likeness (QED) is 0.679. The lowest BCUT2D eigenvalue weighted by molar-refractivity contribution is -0.121. The highest BCUT2D eigenvalue weighted by molar-refractivity contribution is 7.80. The van der Waals surface area contributed by atoms with E-state index in [-0.39, 0.29) is 5.91 Å². The van der Waals surface area contributed by atoms with Crippen molar-refractivity contribution < 1.29 is 4.79 Å². The van der Waals surface area contributed by atoms with Crippen LogP contribution in [0, 0.1) is 5.92 Å². The fourth-order valence-corrected chi connectivity index (χ4v) is 1.98. The summed E-state index contributed by atoms with van der Waals surface area (Å²) >= 11 is 4.72. The zero-order valence-electron chi connectivity index (χ0n) is 8.42. The van der Waals surface area contributed by atoms with Crippen LogP contribution in [0.1, 0.15) is 38.5 Å². The van der Waals surface area contributed by atoms with E-state index >= 15 is 0 Å². The highest BCUT2D eigenvalue weighted by Crippen LogP contribution is 2.27. The molecule has 0 spiro atoms. The Morgan fingerprint density at radius 3 is 2.64 bits per heavy atom. The Labute approximate surface area is 90.4 Å². The molecule has 1 aliphatic rings. The molecule has 0 unspecified atom stereocenters. The summed E-state index contributed by atoms with van der Waals surface area (Å²) in [7, 11) is 0. The average molecular weight is 214 g/mol. The first-order chi connectivity index (χ1) is 6.68. The third kappa shape index (κ3) is 4.56. The Kier molecular flexibility index (Phi) is 4.87. The van der Waals surface area contributed by atoms with Gasteiger partial charge < -0.3 is 11.1 Å². The molecule has 3 N–H and O–H groups in total. The van der Waals surface area contributed by atoms with E-state index in [1.54, 1.807) is 0 Å². The predicted octanol–water partition coefficient (Wildman–Crippen LogP) is 1.36. The molecule has 0 bridgehead atoms. The van der Waals surface area contributed by atoms with Crippen LogP contribution in [0.25, 0.3) is 0 Å². The Bertz CT molecular complexity index is 212. The molecule has 0 aromatic carbocycles. The normalized spacial score (nSPS) is 16.9. The number of thiocarbonyl (C=S) groups is 1. The molecular weight excluding hydrogens is 196 g/mol. The van der Waals surface area contributed by atoms with Gasteiger partial charge in [0.15, 0.2) is 0 Å². The molecule has 1 amide bonds. The van der Waals surface area contributed by atoms with Gasteiger partial charge in [0.1, 0.15) is 0 Å². The second-order valence-corrected chi connectivity index (χ2v) is 4.45. The summed E-state index contributed by atoms with van der Waals surface area (Å²) < 4.78 is 0. The molecule has 1 fully saturated rings. The van der Waals surface area contributed by atoms with Gasteiger partial charge in [-0.05, 0) is 18.8 Å². The third-order valence-corrected chi connectivity index (χ3v) is 2.85. The Hall–Kier alpha value is -0.640. The molecule has 0 heterocycles. The minimum Gasteiger partial charge on any atom is -0.393 e. The largest absolute Gasteiger partial charge is 0.393 e. The number of rotatable bonds is 5. The van der Waals surface area contributed by atoms with Crippen molar-refractivity contribution in [2.24, 2.45) is 11.7 Å². The van der Waals surface area contributed by atoms with Gasteiger partial charge in [0.05, 0.1) is 4.99 Å². The first kappa shape index (κ1) is 11.4. The zero-order valence-corrected chi connectivity index (χ0v) is 9.24. The van der Waals surface area contributed by atoms with Crippen LogP contribution in [0.2, 0.25) is 0 Å². The first-order valence-electron chi connectivity index (χ1n) is 5.23. The minimum absolute atomic E-state index is 0.146. The lowest BCUT2D eigenvalue weighted by Gasteiger charge is -2.08. The number of hydrogen-bond donors (Lipinski definition) is 2. The van der Waals surface area contributed by atoms with Crippen LogP contribution < -0.4 is 11.1 Å². The summed E-state index contributed by atoms with van der Waals surface area (Å²) in [6.45, 7) is 0.584.